The van der Waals surface area contributed by atoms with Crippen molar-refractivity contribution in [1.29, 1.82) is 0 Å². The molecule has 1 atom stereocenters. The van der Waals surface area contributed by atoms with E-state index in [9.17, 15) is 8.42 Å². The molecule has 0 aliphatic heterocycles. The largest absolute Gasteiger partial charge is 0.399 e. The van der Waals surface area contributed by atoms with Gasteiger partial charge in [-0.1, -0.05) is 0 Å². The molecule has 0 aromatic heterocycles. The molecule has 0 radical (unpaired) electrons. The quantitative estimate of drug-likeness (QED) is 0.702. The van der Waals surface area contributed by atoms with Gasteiger partial charge in [0, 0.05) is 17.4 Å². The Labute approximate surface area is 101 Å². The van der Waals surface area contributed by atoms with Gasteiger partial charge in [-0.05, 0) is 43.9 Å². The molecule has 94 valence electrons. The number of primary sulfonamides is 1. The number of hydrogen-bond acceptors (Lipinski definition) is 4. The summed E-state index contributed by atoms with van der Waals surface area (Å²) in [6, 6.07) is 4.92. The van der Waals surface area contributed by atoms with E-state index in [-0.39, 0.29) is 4.90 Å². The molecule has 0 saturated heterocycles. The van der Waals surface area contributed by atoms with Crippen LogP contribution < -0.4 is 16.2 Å². The number of sulfonamides is 1. The average Bonchev–Trinajstić information content (AvgIpc) is 2.97. The summed E-state index contributed by atoms with van der Waals surface area (Å²) in [5, 5.41) is 8.34. The van der Waals surface area contributed by atoms with E-state index in [2.05, 4.69) is 12.2 Å². The SMILES string of the molecule is CC(Nc1cc(N)cc(S(N)(=O)=O)c1)C1CC1. The maximum absolute atomic E-state index is 11.3. The summed E-state index contributed by atoms with van der Waals surface area (Å²) in [5.74, 6) is 0.675. The van der Waals surface area contributed by atoms with Crippen LogP contribution in [-0.2, 0) is 10.0 Å². The molecular weight excluding hydrogens is 238 g/mol. The normalized spacial score (nSPS) is 17.8. The van der Waals surface area contributed by atoms with Crippen LogP contribution in [0, 0.1) is 5.92 Å². The highest BCUT2D eigenvalue weighted by molar-refractivity contribution is 7.89. The van der Waals surface area contributed by atoms with Gasteiger partial charge in [-0.3, -0.25) is 0 Å². The topological polar surface area (TPSA) is 98.2 Å². The van der Waals surface area contributed by atoms with Crippen molar-refractivity contribution in [3.8, 4) is 0 Å². The summed E-state index contributed by atoms with van der Waals surface area (Å²) in [7, 11) is -3.71. The third kappa shape index (κ3) is 3.10. The summed E-state index contributed by atoms with van der Waals surface area (Å²) < 4.78 is 22.5. The average molecular weight is 255 g/mol. The zero-order chi connectivity index (χ0) is 12.6. The van der Waals surface area contributed by atoms with Gasteiger partial charge in [0.25, 0.3) is 0 Å². The van der Waals surface area contributed by atoms with Crippen LogP contribution in [-0.4, -0.2) is 14.5 Å². The van der Waals surface area contributed by atoms with Crippen LogP contribution in [0.5, 0.6) is 0 Å². The van der Waals surface area contributed by atoms with Gasteiger partial charge < -0.3 is 11.1 Å². The van der Waals surface area contributed by atoms with Crippen molar-refractivity contribution in [2.45, 2.75) is 30.7 Å². The lowest BCUT2D eigenvalue weighted by Crippen LogP contribution is -2.18. The lowest BCUT2D eigenvalue weighted by molar-refractivity contribution is 0.598. The first-order chi connectivity index (χ1) is 7.86. The molecule has 0 heterocycles. The first-order valence-electron chi connectivity index (χ1n) is 5.56. The summed E-state index contributed by atoms with van der Waals surface area (Å²) in [6.07, 6.45) is 2.44. The van der Waals surface area contributed by atoms with E-state index in [0.29, 0.717) is 23.3 Å². The second-order valence-electron chi connectivity index (χ2n) is 4.61. The first-order valence-corrected chi connectivity index (χ1v) is 7.11. The molecule has 1 aromatic carbocycles. The Hall–Kier alpha value is -1.27. The number of hydrogen-bond donors (Lipinski definition) is 3. The fourth-order valence-electron chi connectivity index (χ4n) is 1.85. The van der Waals surface area contributed by atoms with E-state index < -0.39 is 10.0 Å². The van der Waals surface area contributed by atoms with E-state index in [1.54, 1.807) is 6.07 Å². The van der Waals surface area contributed by atoms with E-state index in [0.717, 1.165) is 0 Å². The van der Waals surface area contributed by atoms with Gasteiger partial charge in [-0.25, -0.2) is 13.6 Å². The Morgan fingerprint density at radius 1 is 1.35 bits per heavy atom. The summed E-state index contributed by atoms with van der Waals surface area (Å²) in [5.41, 5.74) is 6.76. The number of rotatable bonds is 4. The zero-order valence-corrected chi connectivity index (χ0v) is 10.5. The summed E-state index contributed by atoms with van der Waals surface area (Å²) >= 11 is 0. The van der Waals surface area contributed by atoms with Crippen molar-refractivity contribution in [2.75, 3.05) is 11.1 Å². The number of nitrogens with two attached hydrogens (primary N) is 2. The lowest BCUT2D eigenvalue weighted by Gasteiger charge is -2.15. The van der Waals surface area contributed by atoms with Crippen molar-refractivity contribution in [3.05, 3.63) is 18.2 Å². The van der Waals surface area contributed by atoms with Crippen LogP contribution in [0.15, 0.2) is 23.1 Å². The van der Waals surface area contributed by atoms with Crippen molar-refractivity contribution >= 4 is 21.4 Å². The molecule has 17 heavy (non-hydrogen) atoms. The van der Waals surface area contributed by atoms with Gasteiger partial charge in [-0.2, -0.15) is 0 Å². The molecule has 5 nitrogen and oxygen atoms in total. The molecule has 1 aliphatic rings. The Morgan fingerprint density at radius 3 is 2.53 bits per heavy atom. The molecule has 0 spiro atoms. The van der Waals surface area contributed by atoms with Gasteiger partial charge in [0.15, 0.2) is 0 Å². The summed E-state index contributed by atoms with van der Waals surface area (Å²) in [4.78, 5) is 0.0444. The molecule has 0 bridgehead atoms. The molecular formula is C11H17N3O2S. The number of nitrogens with one attached hydrogen (secondary N) is 1. The predicted octanol–water partition coefficient (Wildman–Crippen LogP) is 1.13. The molecule has 5 N–H and O–H groups in total. The van der Waals surface area contributed by atoms with Crippen LogP contribution in [0.25, 0.3) is 0 Å². The van der Waals surface area contributed by atoms with Crippen LogP contribution in [0.3, 0.4) is 0 Å². The molecule has 1 fully saturated rings. The van der Waals surface area contributed by atoms with Gasteiger partial charge >= 0.3 is 0 Å². The van der Waals surface area contributed by atoms with Gasteiger partial charge in [-0.15, -0.1) is 0 Å². The third-order valence-electron chi connectivity index (χ3n) is 2.98. The smallest absolute Gasteiger partial charge is 0.238 e. The van der Waals surface area contributed by atoms with Gasteiger partial charge in [0.2, 0.25) is 10.0 Å². The van der Waals surface area contributed by atoms with E-state index in [4.69, 9.17) is 10.9 Å². The Balaban J connectivity index is 2.25. The molecule has 1 aliphatic carbocycles. The predicted molar refractivity (Wildman–Crippen MR) is 68.0 cm³/mol. The second-order valence-corrected chi connectivity index (χ2v) is 6.17. The monoisotopic (exact) mass is 255 g/mol. The Bertz CT molecular complexity index is 524. The molecule has 0 amide bonds. The summed E-state index contributed by atoms with van der Waals surface area (Å²) in [6.45, 7) is 2.08. The maximum atomic E-state index is 11.3. The van der Waals surface area contributed by atoms with Crippen molar-refractivity contribution in [2.24, 2.45) is 11.1 Å². The van der Waals surface area contributed by atoms with Crippen molar-refractivity contribution < 1.29 is 8.42 Å². The van der Waals surface area contributed by atoms with E-state index in [1.165, 1.54) is 25.0 Å². The van der Waals surface area contributed by atoms with Gasteiger partial charge in [0.1, 0.15) is 0 Å². The fourth-order valence-corrected chi connectivity index (χ4v) is 2.44. The number of anilines is 2. The standard InChI is InChI=1S/C11H17N3O2S/c1-7(8-2-3-8)14-10-4-9(12)5-11(6-10)17(13,15)16/h4-8,14H,2-3,12H2,1H3,(H2,13,15,16). The Morgan fingerprint density at radius 2 is 2.00 bits per heavy atom. The highest BCUT2D eigenvalue weighted by Gasteiger charge is 2.27. The molecule has 1 aromatic rings. The third-order valence-corrected chi connectivity index (χ3v) is 3.87. The van der Waals surface area contributed by atoms with Crippen LogP contribution in [0.4, 0.5) is 11.4 Å². The van der Waals surface area contributed by atoms with E-state index in [1.807, 2.05) is 0 Å². The van der Waals surface area contributed by atoms with Crippen molar-refractivity contribution in [3.63, 3.8) is 0 Å². The Kier molecular flexibility index (Phi) is 3.01. The highest BCUT2D eigenvalue weighted by atomic mass is 32.2. The zero-order valence-electron chi connectivity index (χ0n) is 9.68. The van der Waals surface area contributed by atoms with Crippen molar-refractivity contribution in [1.82, 2.24) is 0 Å². The van der Waals surface area contributed by atoms with Crippen LogP contribution in [0.1, 0.15) is 19.8 Å². The van der Waals surface area contributed by atoms with Crippen LogP contribution in [0.2, 0.25) is 0 Å². The van der Waals surface area contributed by atoms with E-state index >= 15 is 0 Å². The minimum Gasteiger partial charge on any atom is -0.399 e. The highest BCUT2D eigenvalue weighted by Crippen LogP contribution is 2.34. The number of nitrogen functional groups attached to an aromatic ring is 1. The minimum absolute atomic E-state index is 0.0444. The fraction of sp³-hybridized carbons (Fsp3) is 0.455. The molecule has 2 rings (SSSR count). The second kappa shape index (κ2) is 4.19. The molecule has 6 heteroatoms. The number of benzene rings is 1. The minimum atomic E-state index is -3.71. The molecule has 1 unspecified atom stereocenters. The first kappa shape index (κ1) is 12.2. The lowest BCUT2D eigenvalue weighted by atomic mass is 10.2. The van der Waals surface area contributed by atoms with Gasteiger partial charge in [0.05, 0.1) is 4.90 Å². The maximum Gasteiger partial charge on any atom is 0.238 e. The molecule has 1 saturated carbocycles. The van der Waals surface area contributed by atoms with Crippen LogP contribution >= 0.6 is 0 Å².